The molecular weight excluding hydrogens is 346 g/mol. The SMILES string of the molecule is CC1(F)OC1C/C(=N\O)c1cccc(CNSc2ccc(F)cc2)c1. The van der Waals surface area contributed by atoms with E-state index in [2.05, 4.69) is 9.88 Å². The molecule has 0 bridgehead atoms. The molecule has 1 aliphatic rings. The summed E-state index contributed by atoms with van der Waals surface area (Å²) in [6, 6.07) is 13.7. The number of benzene rings is 2. The van der Waals surface area contributed by atoms with Gasteiger partial charge in [-0.2, -0.15) is 0 Å². The zero-order valence-corrected chi connectivity index (χ0v) is 14.4. The first-order chi connectivity index (χ1) is 12.0. The number of nitrogens with one attached hydrogen (secondary N) is 1. The van der Waals surface area contributed by atoms with Gasteiger partial charge in [-0.3, -0.25) is 4.72 Å². The molecule has 0 radical (unpaired) electrons. The van der Waals surface area contributed by atoms with E-state index in [0.717, 1.165) is 16.0 Å². The summed E-state index contributed by atoms with van der Waals surface area (Å²) < 4.78 is 34.5. The Balaban J connectivity index is 1.58. The van der Waals surface area contributed by atoms with E-state index in [1.165, 1.54) is 31.0 Å². The molecule has 4 nitrogen and oxygen atoms in total. The van der Waals surface area contributed by atoms with E-state index in [-0.39, 0.29) is 12.2 Å². The minimum Gasteiger partial charge on any atom is -0.411 e. The van der Waals surface area contributed by atoms with Crippen molar-refractivity contribution in [2.75, 3.05) is 0 Å². The molecule has 2 aromatic carbocycles. The molecule has 1 saturated heterocycles. The number of rotatable bonds is 7. The monoisotopic (exact) mass is 364 g/mol. The van der Waals surface area contributed by atoms with Gasteiger partial charge in [0.2, 0.25) is 5.85 Å². The Morgan fingerprint density at radius 2 is 2.04 bits per heavy atom. The molecule has 0 amide bonds. The Labute approximate surface area is 149 Å². The maximum Gasteiger partial charge on any atom is 0.233 e. The van der Waals surface area contributed by atoms with Gasteiger partial charge in [0.25, 0.3) is 0 Å². The maximum absolute atomic E-state index is 13.5. The summed E-state index contributed by atoms with van der Waals surface area (Å²) in [6.45, 7) is 1.93. The number of epoxide rings is 1. The van der Waals surface area contributed by atoms with E-state index in [1.54, 1.807) is 12.1 Å². The van der Waals surface area contributed by atoms with Crippen LogP contribution in [0.1, 0.15) is 24.5 Å². The van der Waals surface area contributed by atoms with Crippen LogP contribution in [0.5, 0.6) is 0 Å². The van der Waals surface area contributed by atoms with Crippen LogP contribution in [-0.2, 0) is 11.3 Å². The van der Waals surface area contributed by atoms with Crippen molar-refractivity contribution in [3.05, 3.63) is 65.5 Å². The summed E-state index contributed by atoms with van der Waals surface area (Å²) in [5.41, 5.74) is 2.09. The third kappa shape index (κ3) is 4.78. The molecule has 1 heterocycles. The van der Waals surface area contributed by atoms with Gasteiger partial charge in [0, 0.05) is 17.9 Å². The molecule has 0 saturated carbocycles. The fourth-order valence-corrected chi connectivity index (χ4v) is 3.10. The smallest absolute Gasteiger partial charge is 0.233 e. The Morgan fingerprint density at radius 3 is 2.68 bits per heavy atom. The second kappa shape index (κ2) is 7.51. The lowest BCUT2D eigenvalue weighted by atomic mass is 10.0. The minimum absolute atomic E-state index is 0.213. The molecule has 0 aromatic heterocycles. The molecule has 0 aliphatic carbocycles. The minimum atomic E-state index is -1.64. The lowest BCUT2D eigenvalue weighted by molar-refractivity contribution is 0.162. The largest absolute Gasteiger partial charge is 0.411 e. The van der Waals surface area contributed by atoms with Crippen molar-refractivity contribution in [3.63, 3.8) is 0 Å². The molecule has 3 rings (SSSR count). The zero-order valence-electron chi connectivity index (χ0n) is 13.6. The molecule has 0 spiro atoms. The van der Waals surface area contributed by atoms with Gasteiger partial charge in [-0.1, -0.05) is 23.4 Å². The third-order valence-corrected chi connectivity index (χ3v) is 4.73. The van der Waals surface area contributed by atoms with Crippen LogP contribution >= 0.6 is 11.9 Å². The van der Waals surface area contributed by atoms with E-state index < -0.39 is 12.0 Å². The highest BCUT2D eigenvalue weighted by molar-refractivity contribution is 7.97. The van der Waals surface area contributed by atoms with Gasteiger partial charge in [-0.05, 0) is 60.3 Å². The van der Waals surface area contributed by atoms with Crippen LogP contribution in [0.15, 0.2) is 58.6 Å². The normalized spacial score (nSPS) is 22.8. The van der Waals surface area contributed by atoms with Gasteiger partial charge in [0.05, 0.1) is 5.71 Å². The Morgan fingerprint density at radius 1 is 1.32 bits per heavy atom. The Bertz CT molecular complexity index is 766. The fourth-order valence-electron chi connectivity index (χ4n) is 2.43. The lowest BCUT2D eigenvalue weighted by Gasteiger charge is -2.08. The summed E-state index contributed by atoms with van der Waals surface area (Å²) in [7, 11) is 0. The highest BCUT2D eigenvalue weighted by Crippen LogP contribution is 2.40. The molecule has 7 heteroatoms. The van der Waals surface area contributed by atoms with Gasteiger partial charge in [-0.25, -0.2) is 8.78 Å². The van der Waals surface area contributed by atoms with E-state index >= 15 is 0 Å². The summed E-state index contributed by atoms with van der Waals surface area (Å²) in [4.78, 5) is 0.906. The standard InChI is InChI=1S/C18H18F2N2O2S/c1-18(20)17(24-18)10-16(22-23)13-4-2-3-12(9-13)11-21-25-15-7-5-14(19)6-8-15/h2-9,17,21,23H,10-11H2,1H3/b22-16+. The summed E-state index contributed by atoms with van der Waals surface area (Å²) >= 11 is 1.40. The van der Waals surface area contributed by atoms with Crippen molar-refractivity contribution in [3.8, 4) is 0 Å². The highest BCUT2D eigenvalue weighted by atomic mass is 32.2. The number of hydrogen-bond acceptors (Lipinski definition) is 5. The zero-order chi connectivity index (χ0) is 17.9. The van der Waals surface area contributed by atoms with E-state index in [4.69, 9.17) is 4.74 Å². The fraction of sp³-hybridized carbons (Fsp3) is 0.278. The summed E-state index contributed by atoms with van der Waals surface area (Å²) in [5, 5.41) is 12.5. The number of halogens is 2. The van der Waals surface area contributed by atoms with Gasteiger partial charge in [-0.15, -0.1) is 0 Å². The number of hydrogen-bond donors (Lipinski definition) is 2. The van der Waals surface area contributed by atoms with Crippen molar-refractivity contribution in [1.82, 2.24) is 4.72 Å². The van der Waals surface area contributed by atoms with Crippen molar-refractivity contribution >= 4 is 17.7 Å². The predicted molar refractivity (Wildman–Crippen MR) is 92.9 cm³/mol. The molecule has 1 aliphatic heterocycles. The second-order valence-electron chi connectivity index (χ2n) is 5.92. The first kappa shape index (κ1) is 17.8. The first-order valence-electron chi connectivity index (χ1n) is 7.80. The average Bonchev–Trinajstić information content (AvgIpc) is 3.21. The molecule has 2 unspecified atom stereocenters. The molecule has 2 atom stereocenters. The van der Waals surface area contributed by atoms with Crippen LogP contribution in [-0.4, -0.2) is 22.9 Å². The number of ether oxygens (including phenoxy) is 1. The maximum atomic E-state index is 13.5. The number of oxime groups is 1. The first-order valence-corrected chi connectivity index (χ1v) is 8.62. The Hall–Kier alpha value is -1.96. The molecule has 25 heavy (non-hydrogen) atoms. The lowest BCUT2D eigenvalue weighted by Crippen LogP contribution is -2.11. The quantitative estimate of drug-likeness (QED) is 0.253. The van der Waals surface area contributed by atoms with Gasteiger partial charge < -0.3 is 9.94 Å². The third-order valence-electron chi connectivity index (χ3n) is 3.93. The van der Waals surface area contributed by atoms with Crippen LogP contribution in [0, 0.1) is 5.82 Å². The average molecular weight is 364 g/mol. The van der Waals surface area contributed by atoms with Gasteiger partial charge in [0.1, 0.15) is 11.9 Å². The van der Waals surface area contributed by atoms with Gasteiger partial charge in [0.15, 0.2) is 0 Å². The van der Waals surface area contributed by atoms with E-state index in [9.17, 15) is 14.0 Å². The topological polar surface area (TPSA) is 57.2 Å². The van der Waals surface area contributed by atoms with Gasteiger partial charge >= 0.3 is 0 Å². The molecular formula is C18H18F2N2O2S. The van der Waals surface area contributed by atoms with Crippen molar-refractivity contribution in [2.24, 2.45) is 5.16 Å². The van der Waals surface area contributed by atoms with Crippen LogP contribution in [0.25, 0.3) is 0 Å². The summed E-state index contributed by atoms with van der Waals surface area (Å²) in [6.07, 6.45) is -0.362. The predicted octanol–water partition coefficient (Wildman–Crippen LogP) is 4.28. The van der Waals surface area contributed by atoms with Crippen LogP contribution in [0.3, 0.4) is 0 Å². The molecule has 2 N–H and O–H groups in total. The van der Waals surface area contributed by atoms with E-state index in [1.807, 2.05) is 24.3 Å². The van der Waals surface area contributed by atoms with Crippen molar-refractivity contribution < 1.29 is 18.7 Å². The summed E-state index contributed by atoms with van der Waals surface area (Å²) in [5.74, 6) is -1.90. The van der Waals surface area contributed by atoms with Crippen LogP contribution < -0.4 is 4.72 Å². The van der Waals surface area contributed by atoms with Crippen molar-refractivity contribution in [1.29, 1.82) is 0 Å². The highest BCUT2D eigenvalue weighted by Gasteiger charge is 2.53. The number of nitrogens with zero attached hydrogens (tertiary/aromatic N) is 1. The van der Waals surface area contributed by atoms with Crippen LogP contribution in [0.2, 0.25) is 0 Å². The number of alkyl halides is 1. The van der Waals surface area contributed by atoms with Crippen LogP contribution in [0.4, 0.5) is 8.78 Å². The van der Waals surface area contributed by atoms with Crippen molar-refractivity contribution in [2.45, 2.75) is 36.7 Å². The molecule has 132 valence electrons. The molecule has 1 fully saturated rings. The molecule has 2 aromatic rings. The Kier molecular flexibility index (Phi) is 5.36. The second-order valence-corrected chi connectivity index (χ2v) is 6.88. The van der Waals surface area contributed by atoms with E-state index in [0.29, 0.717) is 12.3 Å².